The Hall–Kier alpha value is -3.33. The summed E-state index contributed by atoms with van der Waals surface area (Å²) in [7, 11) is 0. The second kappa shape index (κ2) is 7.61. The van der Waals surface area contributed by atoms with E-state index in [1.807, 2.05) is 6.07 Å². The molecule has 2 amide bonds. The first-order chi connectivity index (χ1) is 11.1. The minimum Gasteiger partial charge on any atom is -0.399 e. The highest BCUT2D eigenvalue weighted by Gasteiger charge is 2.06. The molecule has 2 aromatic rings. The van der Waals surface area contributed by atoms with Crippen LogP contribution in [0, 0.1) is 11.3 Å². The van der Waals surface area contributed by atoms with Gasteiger partial charge in [0.15, 0.2) is 0 Å². The molecular weight excluding hydrogens is 292 g/mol. The first kappa shape index (κ1) is 16.0. The number of benzene rings is 2. The summed E-state index contributed by atoms with van der Waals surface area (Å²) in [6, 6.07) is 15.5. The molecule has 0 heterocycles. The molecule has 2 rings (SSSR count). The quantitative estimate of drug-likeness (QED) is 0.734. The molecule has 0 unspecified atom stereocenters. The largest absolute Gasteiger partial charge is 0.399 e. The average molecular weight is 308 g/mol. The lowest BCUT2D eigenvalue weighted by Crippen LogP contribution is -2.22. The highest BCUT2D eigenvalue weighted by molar-refractivity contribution is 6.04. The summed E-state index contributed by atoms with van der Waals surface area (Å²) in [4.78, 5) is 23.4. The van der Waals surface area contributed by atoms with Crippen LogP contribution in [0.25, 0.3) is 0 Å². The second-order valence-electron chi connectivity index (χ2n) is 4.89. The van der Waals surface area contributed by atoms with Gasteiger partial charge in [0.25, 0.3) is 5.91 Å². The number of hydrogen-bond donors (Lipinski definition) is 3. The van der Waals surface area contributed by atoms with Gasteiger partial charge in [-0.25, -0.2) is 0 Å². The standard InChI is InChI=1S/C17H16N4O2/c18-9-8-16(22)20-11-12-2-1-3-15(10-12)21-17(23)13-4-6-14(19)7-5-13/h1-7,10H,8,11,19H2,(H,20,22)(H,21,23). The molecule has 0 saturated carbocycles. The van der Waals surface area contributed by atoms with Gasteiger partial charge >= 0.3 is 0 Å². The highest BCUT2D eigenvalue weighted by atomic mass is 16.2. The van der Waals surface area contributed by atoms with Gasteiger partial charge in [0.1, 0.15) is 6.42 Å². The fourth-order valence-corrected chi connectivity index (χ4v) is 1.93. The van der Waals surface area contributed by atoms with Crippen molar-refractivity contribution in [2.75, 3.05) is 11.1 Å². The Morgan fingerprint density at radius 1 is 1.13 bits per heavy atom. The van der Waals surface area contributed by atoms with Crippen LogP contribution in [-0.4, -0.2) is 11.8 Å². The molecule has 0 aliphatic carbocycles. The van der Waals surface area contributed by atoms with Crippen molar-refractivity contribution in [2.45, 2.75) is 13.0 Å². The predicted molar refractivity (Wildman–Crippen MR) is 87.3 cm³/mol. The van der Waals surface area contributed by atoms with Crippen molar-refractivity contribution in [3.05, 3.63) is 59.7 Å². The van der Waals surface area contributed by atoms with Crippen LogP contribution in [0.1, 0.15) is 22.3 Å². The van der Waals surface area contributed by atoms with Crippen LogP contribution >= 0.6 is 0 Å². The summed E-state index contributed by atoms with van der Waals surface area (Å²) in [5, 5.41) is 13.9. The van der Waals surface area contributed by atoms with E-state index in [2.05, 4.69) is 10.6 Å². The van der Waals surface area contributed by atoms with Crippen LogP contribution in [0.3, 0.4) is 0 Å². The highest BCUT2D eigenvalue weighted by Crippen LogP contribution is 2.13. The van der Waals surface area contributed by atoms with Gasteiger partial charge in [0.05, 0.1) is 6.07 Å². The molecule has 0 radical (unpaired) electrons. The zero-order chi connectivity index (χ0) is 16.7. The number of carbonyl (C=O) groups excluding carboxylic acids is 2. The molecule has 0 fully saturated rings. The number of nitriles is 1. The van der Waals surface area contributed by atoms with Gasteiger partial charge < -0.3 is 16.4 Å². The molecule has 0 spiro atoms. The Labute approximate surface area is 133 Å². The monoisotopic (exact) mass is 308 g/mol. The van der Waals surface area contributed by atoms with Crippen molar-refractivity contribution in [2.24, 2.45) is 0 Å². The molecule has 0 aliphatic rings. The van der Waals surface area contributed by atoms with E-state index >= 15 is 0 Å². The Bertz CT molecular complexity index is 748. The number of nitrogens with two attached hydrogens (primary N) is 1. The molecule has 0 saturated heterocycles. The van der Waals surface area contributed by atoms with Crippen LogP contribution in [0.2, 0.25) is 0 Å². The van der Waals surface area contributed by atoms with E-state index in [0.29, 0.717) is 23.5 Å². The molecule has 6 heteroatoms. The van der Waals surface area contributed by atoms with Crippen LogP contribution in [0.5, 0.6) is 0 Å². The number of anilines is 2. The number of hydrogen-bond acceptors (Lipinski definition) is 4. The molecule has 23 heavy (non-hydrogen) atoms. The van der Waals surface area contributed by atoms with E-state index < -0.39 is 0 Å². The Morgan fingerprint density at radius 3 is 2.57 bits per heavy atom. The summed E-state index contributed by atoms with van der Waals surface area (Å²) >= 11 is 0. The number of nitrogens with one attached hydrogen (secondary N) is 2. The summed E-state index contributed by atoms with van der Waals surface area (Å²) in [5.41, 5.74) is 8.14. The molecule has 2 aromatic carbocycles. The Morgan fingerprint density at radius 2 is 1.87 bits per heavy atom. The van der Waals surface area contributed by atoms with E-state index in [1.165, 1.54) is 0 Å². The van der Waals surface area contributed by atoms with E-state index in [0.717, 1.165) is 5.56 Å². The number of carbonyl (C=O) groups is 2. The predicted octanol–water partition coefficient (Wildman–Crippen LogP) is 2.05. The number of rotatable bonds is 5. The molecule has 116 valence electrons. The van der Waals surface area contributed by atoms with Crippen LogP contribution in [-0.2, 0) is 11.3 Å². The fraction of sp³-hybridized carbons (Fsp3) is 0.118. The summed E-state index contributed by atoms with van der Waals surface area (Å²) in [5.74, 6) is -0.570. The number of nitrogen functional groups attached to an aromatic ring is 1. The maximum atomic E-state index is 12.1. The summed E-state index contributed by atoms with van der Waals surface area (Å²) in [6.07, 6.45) is -0.173. The lowest BCUT2D eigenvalue weighted by atomic mass is 10.1. The van der Waals surface area contributed by atoms with Crippen molar-refractivity contribution in [3.8, 4) is 6.07 Å². The molecule has 0 bridgehead atoms. The Balaban J connectivity index is 1.99. The lowest BCUT2D eigenvalue weighted by Gasteiger charge is -2.08. The smallest absolute Gasteiger partial charge is 0.255 e. The SMILES string of the molecule is N#CCC(=O)NCc1cccc(NC(=O)c2ccc(N)cc2)c1. The topological polar surface area (TPSA) is 108 Å². The van der Waals surface area contributed by atoms with Crippen molar-refractivity contribution in [3.63, 3.8) is 0 Å². The van der Waals surface area contributed by atoms with E-state index in [9.17, 15) is 9.59 Å². The third kappa shape index (κ3) is 4.86. The third-order valence-corrected chi connectivity index (χ3v) is 3.09. The minimum absolute atomic E-state index is 0.173. The van der Waals surface area contributed by atoms with E-state index in [1.54, 1.807) is 48.5 Å². The maximum Gasteiger partial charge on any atom is 0.255 e. The summed E-state index contributed by atoms with van der Waals surface area (Å²) < 4.78 is 0. The van der Waals surface area contributed by atoms with E-state index in [4.69, 9.17) is 11.0 Å². The first-order valence-corrected chi connectivity index (χ1v) is 6.98. The van der Waals surface area contributed by atoms with Gasteiger partial charge in [0, 0.05) is 23.5 Å². The van der Waals surface area contributed by atoms with Crippen LogP contribution in [0.15, 0.2) is 48.5 Å². The second-order valence-corrected chi connectivity index (χ2v) is 4.89. The molecular formula is C17H16N4O2. The van der Waals surface area contributed by atoms with Gasteiger partial charge in [-0.3, -0.25) is 9.59 Å². The Kier molecular flexibility index (Phi) is 5.31. The average Bonchev–Trinajstić information content (AvgIpc) is 2.54. The van der Waals surface area contributed by atoms with Crippen LogP contribution < -0.4 is 16.4 Å². The number of amides is 2. The first-order valence-electron chi connectivity index (χ1n) is 6.98. The van der Waals surface area contributed by atoms with Gasteiger partial charge in [-0.1, -0.05) is 12.1 Å². The molecule has 0 atom stereocenters. The van der Waals surface area contributed by atoms with Crippen molar-refractivity contribution < 1.29 is 9.59 Å². The van der Waals surface area contributed by atoms with Gasteiger partial charge in [-0.15, -0.1) is 0 Å². The van der Waals surface area contributed by atoms with Gasteiger partial charge in [0.2, 0.25) is 5.91 Å². The van der Waals surface area contributed by atoms with E-state index in [-0.39, 0.29) is 18.2 Å². The zero-order valence-corrected chi connectivity index (χ0v) is 12.4. The zero-order valence-electron chi connectivity index (χ0n) is 12.4. The van der Waals surface area contributed by atoms with Gasteiger partial charge in [-0.2, -0.15) is 5.26 Å². The molecule has 6 nitrogen and oxygen atoms in total. The minimum atomic E-state index is -0.330. The van der Waals surface area contributed by atoms with Gasteiger partial charge in [-0.05, 0) is 42.0 Å². The summed E-state index contributed by atoms with van der Waals surface area (Å²) in [6.45, 7) is 0.298. The van der Waals surface area contributed by atoms with Crippen molar-refractivity contribution in [1.82, 2.24) is 5.32 Å². The maximum absolute atomic E-state index is 12.1. The molecule has 4 N–H and O–H groups in total. The molecule has 0 aromatic heterocycles. The molecule has 0 aliphatic heterocycles. The fourth-order valence-electron chi connectivity index (χ4n) is 1.93. The van der Waals surface area contributed by atoms with Crippen molar-refractivity contribution >= 4 is 23.2 Å². The number of nitrogens with zero attached hydrogens (tertiary/aromatic N) is 1. The normalized spacial score (nSPS) is 9.70. The van der Waals surface area contributed by atoms with Crippen molar-refractivity contribution in [1.29, 1.82) is 5.26 Å². The van der Waals surface area contributed by atoms with Crippen LogP contribution in [0.4, 0.5) is 11.4 Å². The third-order valence-electron chi connectivity index (χ3n) is 3.09. The lowest BCUT2D eigenvalue weighted by molar-refractivity contribution is -0.120.